The van der Waals surface area contributed by atoms with Crippen molar-refractivity contribution < 1.29 is 14.3 Å². The Morgan fingerprint density at radius 2 is 1.75 bits per heavy atom. The first-order valence-electron chi connectivity index (χ1n) is 7.68. The maximum atomic E-state index is 12.2. The fourth-order valence-electron chi connectivity index (χ4n) is 2.22. The summed E-state index contributed by atoms with van der Waals surface area (Å²) in [6.07, 6.45) is 0.129. The zero-order chi connectivity index (χ0) is 16.8. The number of carbonyl (C=O) groups is 1. The van der Waals surface area contributed by atoms with Crippen molar-refractivity contribution in [1.82, 2.24) is 4.98 Å². The highest BCUT2D eigenvalue weighted by molar-refractivity contribution is 7.13. The maximum Gasteiger partial charge on any atom is 0.317 e. The molecule has 0 aliphatic carbocycles. The number of aromatic nitrogens is 1. The molecular weight excluding hydrogens is 322 g/mol. The molecule has 0 aliphatic heterocycles. The molecule has 3 aromatic rings. The van der Waals surface area contributed by atoms with Gasteiger partial charge in [0.25, 0.3) is 0 Å². The highest BCUT2D eigenvalue weighted by atomic mass is 32.1. The SMILES string of the molecule is CCOc1ccccc1OC(=O)Cc1csc(-c2ccccc2)n1. The van der Waals surface area contributed by atoms with Gasteiger partial charge in [-0.25, -0.2) is 4.98 Å². The zero-order valence-corrected chi connectivity index (χ0v) is 14.1. The molecule has 0 atom stereocenters. The maximum absolute atomic E-state index is 12.2. The summed E-state index contributed by atoms with van der Waals surface area (Å²) in [6.45, 7) is 2.40. The Morgan fingerprint density at radius 3 is 2.50 bits per heavy atom. The number of nitrogens with zero attached hydrogens (tertiary/aromatic N) is 1. The Balaban J connectivity index is 1.67. The van der Waals surface area contributed by atoms with Gasteiger partial charge >= 0.3 is 5.97 Å². The molecule has 24 heavy (non-hydrogen) atoms. The van der Waals surface area contributed by atoms with Crippen molar-refractivity contribution in [3.05, 3.63) is 65.7 Å². The summed E-state index contributed by atoms with van der Waals surface area (Å²) in [5.41, 5.74) is 1.75. The van der Waals surface area contributed by atoms with Crippen LogP contribution in [0.3, 0.4) is 0 Å². The van der Waals surface area contributed by atoms with Crippen LogP contribution in [0.5, 0.6) is 11.5 Å². The molecule has 4 nitrogen and oxygen atoms in total. The lowest BCUT2D eigenvalue weighted by Gasteiger charge is -2.09. The smallest absolute Gasteiger partial charge is 0.317 e. The minimum atomic E-state index is -0.355. The summed E-state index contributed by atoms with van der Waals surface area (Å²) in [6, 6.07) is 17.0. The van der Waals surface area contributed by atoms with Crippen LogP contribution < -0.4 is 9.47 Å². The van der Waals surface area contributed by atoms with Crippen molar-refractivity contribution >= 4 is 17.3 Å². The Labute approximate surface area is 144 Å². The number of esters is 1. The lowest BCUT2D eigenvalue weighted by Crippen LogP contribution is -2.12. The average molecular weight is 339 g/mol. The van der Waals surface area contributed by atoms with Crippen LogP contribution in [-0.4, -0.2) is 17.6 Å². The molecule has 1 heterocycles. The molecule has 0 saturated carbocycles. The van der Waals surface area contributed by atoms with E-state index in [1.165, 1.54) is 11.3 Å². The number of para-hydroxylation sites is 2. The standard InChI is InChI=1S/C19H17NO3S/c1-2-22-16-10-6-7-11-17(16)23-18(21)12-15-13-24-19(20-15)14-8-4-3-5-9-14/h3-11,13H,2,12H2,1H3. The van der Waals surface area contributed by atoms with E-state index in [1.807, 2.05) is 54.8 Å². The van der Waals surface area contributed by atoms with E-state index in [1.54, 1.807) is 12.1 Å². The van der Waals surface area contributed by atoms with Crippen LogP contribution in [0.2, 0.25) is 0 Å². The molecule has 1 aromatic heterocycles. The van der Waals surface area contributed by atoms with Crippen molar-refractivity contribution in [3.8, 4) is 22.1 Å². The van der Waals surface area contributed by atoms with Gasteiger partial charge in [-0.05, 0) is 19.1 Å². The number of thiazole rings is 1. The van der Waals surface area contributed by atoms with Crippen LogP contribution in [0.4, 0.5) is 0 Å². The van der Waals surface area contributed by atoms with Crippen molar-refractivity contribution in [1.29, 1.82) is 0 Å². The lowest BCUT2D eigenvalue weighted by atomic mass is 10.2. The first-order valence-corrected chi connectivity index (χ1v) is 8.56. The molecule has 0 fully saturated rings. The third-order valence-electron chi connectivity index (χ3n) is 3.27. The summed E-state index contributed by atoms with van der Waals surface area (Å²) < 4.78 is 10.9. The Hall–Kier alpha value is -2.66. The molecule has 5 heteroatoms. The minimum Gasteiger partial charge on any atom is -0.490 e. The van der Waals surface area contributed by atoms with Gasteiger partial charge in [-0.3, -0.25) is 4.79 Å². The third kappa shape index (κ3) is 4.00. The molecule has 0 spiro atoms. The van der Waals surface area contributed by atoms with Gasteiger partial charge in [-0.2, -0.15) is 0 Å². The van der Waals surface area contributed by atoms with E-state index in [-0.39, 0.29) is 12.4 Å². The van der Waals surface area contributed by atoms with Crippen molar-refractivity contribution in [2.75, 3.05) is 6.61 Å². The van der Waals surface area contributed by atoms with Gasteiger partial charge in [0.2, 0.25) is 0 Å². The molecule has 0 N–H and O–H groups in total. The van der Waals surface area contributed by atoms with Gasteiger partial charge < -0.3 is 9.47 Å². The van der Waals surface area contributed by atoms with E-state index in [0.717, 1.165) is 10.6 Å². The second kappa shape index (κ2) is 7.75. The Morgan fingerprint density at radius 1 is 1.04 bits per heavy atom. The Bertz CT molecular complexity index is 814. The summed E-state index contributed by atoms with van der Waals surface area (Å²) in [7, 11) is 0. The first kappa shape index (κ1) is 16.2. The van der Waals surface area contributed by atoms with Gasteiger partial charge in [-0.1, -0.05) is 42.5 Å². The molecule has 0 amide bonds. The zero-order valence-electron chi connectivity index (χ0n) is 13.3. The van der Waals surface area contributed by atoms with Gasteiger partial charge in [-0.15, -0.1) is 11.3 Å². The van der Waals surface area contributed by atoms with Gasteiger partial charge in [0.1, 0.15) is 5.01 Å². The normalized spacial score (nSPS) is 10.4. The average Bonchev–Trinajstić information content (AvgIpc) is 3.06. The van der Waals surface area contributed by atoms with Gasteiger partial charge in [0.15, 0.2) is 11.5 Å². The molecule has 122 valence electrons. The molecule has 0 aliphatic rings. The van der Waals surface area contributed by atoms with E-state index in [2.05, 4.69) is 4.98 Å². The van der Waals surface area contributed by atoms with E-state index in [0.29, 0.717) is 23.8 Å². The monoisotopic (exact) mass is 339 g/mol. The number of rotatable bonds is 6. The molecule has 3 rings (SSSR count). The summed E-state index contributed by atoms with van der Waals surface area (Å²) in [5.74, 6) is 0.645. The van der Waals surface area contributed by atoms with E-state index in [4.69, 9.17) is 9.47 Å². The molecule has 0 saturated heterocycles. The van der Waals surface area contributed by atoms with Gasteiger partial charge in [0.05, 0.1) is 18.7 Å². The number of hydrogen-bond acceptors (Lipinski definition) is 5. The third-order valence-corrected chi connectivity index (χ3v) is 4.21. The molecule has 0 radical (unpaired) electrons. The number of benzene rings is 2. The fourth-order valence-corrected chi connectivity index (χ4v) is 3.04. The predicted molar refractivity (Wildman–Crippen MR) is 94.5 cm³/mol. The predicted octanol–water partition coefficient (Wildman–Crippen LogP) is 4.36. The number of ether oxygens (including phenoxy) is 2. The highest BCUT2D eigenvalue weighted by Gasteiger charge is 2.13. The molecule has 0 bridgehead atoms. The fraction of sp³-hybridized carbons (Fsp3) is 0.158. The lowest BCUT2D eigenvalue weighted by molar-refractivity contribution is -0.133. The number of carbonyl (C=O) groups excluding carboxylic acids is 1. The largest absolute Gasteiger partial charge is 0.490 e. The molecule has 0 unspecified atom stereocenters. The first-order chi connectivity index (χ1) is 11.8. The minimum absolute atomic E-state index is 0.129. The van der Waals surface area contributed by atoms with Crippen molar-refractivity contribution in [2.24, 2.45) is 0 Å². The van der Waals surface area contributed by atoms with Crippen molar-refractivity contribution in [3.63, 3.8) is 0 Å². The van der Waals surface area contributed by atoms with Crippen molar-refractivity contribution in [2.45, 2.75) is 13.3 Å². The number of hydrogen-bond donors (Lipinski definition) is 0. The van der Waals surface area contributed by atoms with Crippen LogP contribution in [0.1, 0.15) is 12.6 Å². The van der Waals surface area contributed by atoms with Crippen LogP contribution in [0.25, 0.3) is 10.6 Å². The van der Waals surface area contributed by atoms with Gasteiger partial charge in [0, 0.05) is 10.9 Å². The summed E-state index contributed by atoms with van der Waals surface area (Å²) in [4.78, 5) is 16.7. The highest BCUT2D eigenvalue weighted by Crippen LogP contribution is 2.27. The van der Waals surface area contributed by atoms with E-state index >= 15 is 0 Å². The molecular formula is C19H17NO3S. The second-order valence-corrected chi connectivity index (χ2v) is 5.90. The van der Waals surface area contributed by atoms with Crippen LogP contribution in [-0.2, 0) is 11.2 Å². The van der Waals surface area contributed by atoms with Crippen LogP contribution in [0.15, 0.2) is 60.0 Å². The summed E-state index contributed by atoms with van der Waals surface area (Å²) in [5, 5.41) is 2.78. The Kier molecular flexibility index (Phi) is 5.23. The molecule has 2 aromatic carbocycles. The quantitative estimate of drug-likeness (QED) is 0.495. The summed E-state index contributed by atoms with van der Waals surface area (Å²) >= 11 is 1.52. The second-order valence-electron chi connectivity index (χ2n) is 5.04. The topological polar surface area (TPSA) is 48.4 Å². The van der Waals surface area contributed by atoms with E-state index in [9.17, 15) is 4.79 Å². The van der Waals surface area contributed by atoms with Crippen LogP contribution >= 0.6 is 11.3 Å². The van der Waals surface area contributed by atoms with Crippen LogP contribution in [0, 0.1) is 0 Å². The van der Waals surface area contributed by atoms with E-state index < -0.39 is 0 Å².